The van der Waals surface area contributed by atoms with Crippen LogP contribution in [0.25, 0.3) is 11.1 Å². The number of rotatable bonds is 3. The summed E-state index contributed by atoms with van der Waals surface area (Å²) < 4.78 is 0. The van der Waals surface area contributed by atoms with E-state index in [1.54, 1.807) is 0 Å². The molecule has 20 heavy (non-hydrogen) atoms. The number of hydrogen-bond acceptors (Lipinski definition) is 2. The molecule has 104 valence electrons. The Kier molecular flexibility index (Phi) is 3.75. The van der Waals surface area contributed by atoms with E-state index in [-0.39, 0.29) is 0 Å². The fraction of sp³-hybridized carbons (Fsp3) is 0.333. The van der Waals surface area contributed by atoms with Crippen LogP contribution in [-0.2, 0) is 0 Å². The average Bonchev–Trinajstić information content (AvgIpc) is 2.79. The molecule has 2 heteroatoms. The van der Waals surface area contributed by atoms with Crippen molar-refractivity contribution in [1.82, 2.24) is 4.90 Å². The van der Waals surface area contributed by atoms with Gasteiger partial charge in [0.1, 0.15) is 0 Å². The van der Waals surface area contributed by atoms with Crippen LogP contribution in [0.5, 0.6) is 0 Å². The minimum atomic E-state index is 0.567. The molecule has 1 saturated heterocycles. The van der Waals surface area contributed by atoms with E-state index in [4.69, 9.17) is 0 Å². The normalized spacial score (nSPS) is 22.9. The molecule has 1 aliphatic heterocycles. The summed E-state index contributed by atoms with van der Waals surface area (Å²) in [7, 11) is 2.20. The molecule has 0 bridgehead atoms. The number of hydrogen-bond donors (Lipinski definition) is 1. The summed E-state index contributed by atoms with van der Waals surface area (Å²) in [6, 6.07) is 20.5. The molecule has 2 nitrogen and oxygen atoms in total. The highest BCUT2D eigenvalue weighted by atomic mass is 15.2. The lowest BCUT2D eigenvalue weighted by atomic mass is 10.1. The lowest BCUT2D eigenvalue weighted by Gasteiger charge is -2.14. The van der Waals surface area contributed by atoms with E-state index < -0.39 is 0 Å². The Bertz CT molecular complexity index is 537. The second-order valence-corrected chi connectivity index (χ2v) is 5.81. The Morgan fingerprint density at radius 2 is 1.60 bits per heavy atom. The van der Waals surface area contributed by atoms with Gasteiger partial charge < -0.3 is 10.2 Å². The summed E-state index contributed by atoms with van der Waals surface area (Å²) >= 11 is 0. The second kappa shape index (κ2) is 5.68. The van der Waals surface area contributed by atoms with Crippen molar-refractivity contribution in [2.75, 3.05) is 18.9 Å². The predicted octanol–water partition coefficient (Wildman–Crippen LogP) is 3.86. The lowest BCUT2D eigenvalue weighted by molar-refractivity contribution is 0.330. The summed E-state index contributed by atoms with van der Waals surface area (Å²) in [6.45, 7) is 3.42. The molecule has 2 atom stereocenters. The van der Waals surface area contributed by atoms with Crippen molar-refractivity contribution in [3.05, 3.63) is 54.6 Å². The minimum absolute atomic E-state index is 0.567. The smallest absolute Gasteiger partial charge is 0.0403 e. The molecule has 1 aliphatic rings. The highest BCUT2D eigenvalue weighted by molar-refractivity contribution is 5.65. The van der Waals surface area contributed by atoms with Crippen LogP contribution in [0.2, 0.25) is 0 Å². The molecule has 1 N–H and O–H groups in total. The Morgan fingerprint density at radius 3 is 2.20 bits per heavy atom. The molecule has 3 rings (SSSR count). The highest BCUT2D eigenvalue weighted by Gasteiger charge is 2.25. The third-order valence-corrected chi connectivity index (χ3v) is 4.25. The van der Waals surface area contributed by atoms with E-state index >= 15 is 0 Å². The summed E-state index contributed by atoms with van der Waals surface area (Å²) in [5.41, 5.74) is 3.76. The molecule has 2 unspecified atom stereocenters. The number of benzene rings is 2. The van der Waals surface area contributed by atoms with Crippen molar-refractivity contribution in [3.8, 4) is 11.1 Å². The highest BCUT2D eigenvalue weighted by Crippen LogP contribution is 2.23. The maximum atomic E-state index is 3.64. The quantitative estimate of drug-likeness (QED) is 0.907. The van der Waals surface area contributed by atoms with E-state index in [0.717, 1.165) is 6.54 Å². The van der Waals surface area contributed by atoms with E-state index in [1.807, 2.05) is 0 Å². The molecule has 0 saturated carbocycles. The van der Waals surface area contributed by atoms with Crippen LogP contribution >= 0.6 is 0 Å². The van der Waals surface area contributed by atoms with Crippen LogP contribution in [0.1, 0.15) is 13.3 Å². The molecule has 0 radical (unpaired) electrons. The first-order valence-corrected chi connectivity index (χ1v) is 7.34. The van der Waals surface area contributed by atoms with Crippen LogP contribution in [0.4, 0.5) is 5.69 Å². The first-order chi connectivity index (χ1) is 9.72. The molecule has 0 spiro atoms. The van der Waals surface area contributed by atoms with Gasteiger partial charge in [-0.2, -0.15) is 0 Å². The SMILES string of the molecule is CC1CC(Nc2ccc(-c3ccccc3)cc2)CN1C. The van der Waals surface area contributed by atoms with Crippen molar-refractivity contribution in [1.29, 1.82) is 0 Å². The van der Waals surface area contributed by atoms with E-state index in [2.05, 4.69) is 78.8 Å². The maximum Gasteiger partial charge on any atom is 0.0403 e. The van der Waals surface area contributed by atoms with E-state index in [0.29, 0.717) is 12.1 Å². The molecule has 0 aromatic heterocycles. The summed E-state index contributed by atoms with van der Waals surface area (Å²) in [5, 5.41) is 3.64. The van der Waals surface area contributed by atoms with Gasteiger partial charge in [0.05, 0.1) is 0 Å². The van der Waals surface area contributed by atoms with Crippen LogP contribution in [0.15, 0.2) is 54.6 Å². The van der Waals surface area contributed by atoms with Gasteiger partial charge in [-0.15, -0.1) is 0 Å². The number of anilines is 1. The van der Waals surface area contributed by atoms with Gasteiger partial charge in [0.15, 0.2) is 0 Å². The van der Waals surface area contributed by atoms with Crippen molar-refractivity contribution < 1.29 is 0 Å². The van der Waals surface area contributed by atoms with Gasteiger partial charge in [-0.1, -0.05) is 42.5 Å². The van der Waals surface area contributed by atoms with E-state index in [1.165, 1.54) is 23.2 Å². The van der Waals surface area contributed by atoms with Gasteiger partial charge in [-0.3, -0.25) is 0 Å². The van der Waals surface area contributed by atoms with Crippen LogP contribution in [-0.4, -0.2) is 30.6 Å². The molecule has 0 amide bonds. The zero-order chi connectivity index (χ0) is 13.9. The van der Waals surface area contributed by atoms with Crippen LogP contribution in [0.3, 0.4) is 0 Å². The molecule has 1 heterocycles. The summed E-state index contributed by atoms with van der Waals surface area (Å²) in [5.74, 6) is 0. The van der Waals surface area contributed by atoms with Crippen LogP contribution in [0, 0.1) is 0 Å². The Labute approximate surface area is 121 Å². The number of likely N-dealkylation sites (tertiary alicyclic amines) is 1. The molecule has 2 aromatic rings. The number of nitrogens with zero attached hydrogens (tertiary/aromatic N) is 1. The largest absolute Gasteiger partial charge is 0.381 e. The monoisotopic (exact) mass is 266 g/mol. The molecule has 2 aromatic carbocycles. The first kappa shape index (κ1) is 13.2. The maximum absolute atomic E-state index is 3.64. The lowest BCUT2D eigenvalue weighted by Crippen LogP contribution is -2.24. The van der Waals surface area contributed by atoms with Gasteiger partial charge in [0.25, 0.3) is 0 Å². The Hall–Kier alpha value is -1.80. The molecule has 0 aliphatic carbocycles. The first-order valence-electron chi connectivity index (χ1n) is 7.34. The van der Waals surface area contributed by atoms with Crippen molar-refractivity contribution >= 4 is 5.69 Å². The Balaban J connectivity index is 1.68. The third kappa shape index (κ3) is 2.86. The zero-order valence-corrected chi connectivity index (χ0v) is 12.2. The van der Waals surface area contributed by atoms with Crippen molar-refractivity contribution in [2.24, 2.45) is 0 Å². The van der Waals surface area contributed by atoms with Gasteiger partial charge in [-0.25, -0.2) is 0 Å². The van der Waals surface area contributed by atoms with Crippen molar-refractivity contribution in [3.63, 3.8) is 0 Å². The Morgan fingerprint density at radius 1 is 0.950 bits per heavy atom. The zero-order valence-electron chi connectivity index (χ0n) is 12.2. The van der Waals surface area contributed by atoms with Gasteiger partial charge in [0, 0.05) is 24.3 Å². The topological polar surface area (TPSA) is 15.3 Å². The van der Waals surface area contributed by atoms with E-state index in [9.17, 15) is 0 Å². The third-order valence-electron chi connectivity index (χ3n) is 4.25. The van der Waals surface area contributed by atoms with Crippen LogP contribution < -0.4 is 5.32 Å². The van der Waals surface area contributed by atoms with Crippen molar-refractivity contribution in [2.45, 2.75) is 25.4 Å². The summed E-state index contributed by atoms with van der Waals surface area (Å²) in [6.07, 6.45) is 1.22. The summed E-state index contributed by atoms with van der Waals surface area (Å²) in [4.78, 5) is 2.41. The van der Waals surface area contributed by atoms with Gasteiger partial charge in [-0.05, 0) is 43.7 Å². The average molecular weight is 266 g/mol. The fourth-order valence-corrected chi connectivity index (χ4v) is 2.92. The van der Waals surface area contributed by atoms with Gasteiger partial charge in [0.2, 0.25) is 0 Å². The number of likely N-dealkylation sites (N-methyl/N-ethyl adjacent to an activating group) is 1. The molecular formula is C18H22N2. The standard InChI is InChI=1S/C18H22N2/c1-14-12-18(13-20(14)2)19-17-10-8-16(9-11-17)15-6-4-3-5-7-15/h3-11,14,18-19H,12-13H2,1-2H3. The second-order valence-electron chi connectivity index (χ2n) is 5.81. The fourth-order valence-electron chi connectivity index (χ4n) is 2.92. The van der Waals surface area contributed by atoms with Gasteiger partial charge >= 0.3 is 0 Å². The predicted molar refractivity (Wildman–Crippen MR) is 86.0 cm³/mol. The minimum Gasteiger partial charge on any atom is -0.381 e. The molecular weight excluding hydrogens is 244 g/mol. The molecule has 1 fully saturated rings. The number of nitrogens with one attached hydrogen (secondary N) is 1.